The highest BCUT2D eigenvalue weighted by Crippen LogP contribution is 2.29. The van der Waals surface area contributed by atoms with Crippen molar-refractivity contribution in [1.82, 2.24) is 4.90 Å². The van der Waals surface area contributed by atoms with Crippen LogP contribution in [0.5, 0.6) is 5.75 Å². The second-order valence-corrected chi connectivity index (χ2v) is 5.24. The number of likely N-dealkylation sites (tertiary alicyclic amines) is 1. The van der Waals surface area contributed by atoms with Gasteiger partial charge in [0.1, 0.15) is 5.75 Å². The topological polar surface area (TPSA) is 49.8 Å². The lowest BCUT2D eigenvalue weighted by atomic mass is 9.98. The zero-order chi connectivity index (χ0) is 13.8. The highest BCUT2D eigenvalue weighted by Gasteiger charge is 2.26. The Kier molecular flexibility index (Phi) is 4.66. The summed E-state index contributed by atoms with van der Waals surface area (Å²) < 4.78 is 5.31. The number of carbonyl (C=O) groups is 1. The molecule has 0 bridgehead atoms. The molecule has 1 N–H and O–H groups in total. The van der Waals surface area contributed by atoms with Gasteiger partial charge in [-0.05, 0) is 31.5 Å². The summed E-state index contributed by atoms with van der Waals surface area (Å²) in [5.74, 6) is -0.233. The van der Waals surface area contributed by atoms with Crippen molar-refractivity contribution >= 4 is 17.6 Å². The zero-order valence-corrected chi connectivity index (χ0v) is 11.7. The Balaban J connectivity index is 2.10. The van der Waals surface area contributed by atoms with E-state index in [4.69, 9.17) is 21.4 Å². The molecular formula is C14H18ClNO3. The van der Waals surface area contributed by atoms with Crippen molar-refractivity contribution in [3.05, 3.63) is 28.8 Å². The van der Waals surface area contributed by atoms with E-state index in [1.807, 2.05) is 18.2 Å². The molecule has 1 fully saturated rings. The van der Waals surface area contributed by atoms with E-state index in [1.165, 1.54) is 0 Å². The Morgan fingerprint density at radius 3 is 3.05 bits per heavy atom. The van der Waals surface area contributed by atoms with Gasteiger partial charge in [0.05, 0.1) is 13.0 Å². The smallest absolute Gasteiger partial charge is 0.307 e. The van der Waals surface area contributed by atoms with Crippen molar-refractivity contribution in [2.45, 2.75) is 19.4 Å². The average Bonchev–Trinajstić information content (AvgIpc) is 2.41. The minimum atomic E-state index is -0.712. The summed E-state index contributed by atoms with van der Waals surface area (Å²) in [6.45, 7) is 2.11. The van der Waals surface area contributed by atoms with Gasteiger partial charge in [0.2, 0.25) is 0 Å². The minimum absolute atomic E-state index is 0.276. The Hall–Kier alpha value is -1.26. The van der Waals surface area contributed by atoms with Crippen LogP contribution in [0.3, 0.4) is 0 Å². The Labute approximate surface area is 117 Å². The number of benzene rings is 1. The predicted octanol–water partition coefficient (Wildman–Crippen LogP) is 2.65. The molecule has 1 unspecified atom stereocenters. The maximum atomic E-state index is 11.1. The van der Waals surface area contributed by atoms with Gasteiger partial charge < -0.3 is 9.84 Å². The monoisotopic (exact) mass is 283 g/mol. The largest absolute Gasteiger partial charge is 0.496 e. The Morgan fingerprint density at radius 1 is 1.58 bits per heavy atom. The molecule has 4 nitrogen and oxygen atoms in total. The summed E-state index contributed by atoms with van der Waals surface area (Å²) >= 11 is 6.20. The van der Waals surface area contributed by atoms with Crippen molar-refractivity contribution in [3.8, 4) is 5.75 Å². The maximum Gasteiger partial charge on any atom is 0.307 e. The first kappa shape index (κ1) is 14.2. The molecule has 1 atom stereocenters. The van der Waals surface area contributed by atoms with Gasteiger partial charge in [-0.25, -0.2) is 0 Å². The number of ether oxygens (including phenoxy) is 1. The van der Waals surface area contributed by atoms with Crippen LogP contribution in [0.1, 0.15) is 18.4 Å². The number of nitrogens with zero attached hydrogens (tertiary/aromatic N) is 1. The molecule has 0 amide bonds. The number of halogens is 1. The molecule has 1 aromatic rings. The average molecular weight is 284 g/mol. The molecule has 0 saturated carbocycles. The lowest BCUT2D eigenvalue weighted by Gasteiger charge is -2.31. The third-order valence-corrected chi connectivity index (χ3v) is 3.89. The fourth-order valence-corrected chi connectivity index (χ4v) is 2.73. The van der Waals surface area contributed by atoms with E-state index in [2.05, 4.69) is 4.90 Å². The van der Waals surface area contributed by atoms with Crippen LogP contribution in [-0.4, -0.2) is 36.2 Å². The summed E-state index contributed by atoms with van der Waals surface area (Å²) in [5, 5.41) is 9.76. The molecule has 1 saturated heterocycles. The highest BCUT2D eigenvalue weighted by atomic mass is 35.5. The number of piperidine rings is 1. The molecule has 2 rings (SSSR count). The molecule has 0 aromatic heterocycles. The maximum absolute atomic E-state index is 11.1. The fourth-order valence-electron chi connectivity index (χ4n) is 2.51. The van der Waals surface area contributed by atoms with E-state index in [0.717, 1.165) is 30.7 Å². The van der Waals surface area contributed by atoms with Crippen molar-refractivity contribution < 1.29 is 14.6 Å². The van der Waals surface area contributed by atoms with E-state index in [-0.39, 0.29) is 5.92 Å². The highest BCUT2D eigenvalue weighted by molar-refractivity contribution is 6.31. The standard InChI is InChI=1S/C14H18ClNO3/c1-19-13-6-2-5-12(15)11(13)9-16-7-3-4-10(8-16)14(17)18/h2,5-6,10H,3-4,7-9H2,1H3,(H,17,18). The van der Waals surface area contributed by atoms with Gasteiger partial charge in [-0.15, -0.1) is 0 Å². The molecule has 1 aliphatic heterocycles. The molecule has 19 heavy (non-hydrogen) atoms. The van der Waals surface area contributed by atoms with Crippen LogP contribution in [0.4, 0.5) is 0 Å². The van der Waals surface area contributed by atoms with E-state index in [9.17, 15) is 4.79 Å². The van der Waals surface area contributed by atoms with E-state index < -0.39 is 5.97 Å². The summed E-state index contributed by atoms with van der Waals surface area (Å²) in [5.41, 5.74) is 0.928. The first-order valence-electron chi connectivity index (χ1n) is 6.38. The van der Waals surface area contributed by atoms with Gasteiger partial charge >= 0.3 is 5.97 Å². The third kappa shape index (κ3) is 3.39. The molecule has 0 spiro atoms. The number of aliphatic carboxylic acids is 1. The SMILES string of the molecule is COc1cccc(Cl)c1CN1CCCC(C(=O)O)C1. The van der Waals surface area contributed by atoms with Gasteiger partial charge in [0.25, 0.3) is 0 Å². The summed E-state index contributed by atoms with van der Waals surface area (Å²) in [7, 11) is 1.62. The molecule has 104 valence electrons. The number of carboxylic acids is 1. The summed E-state index contributed by atoms with van der Waals surface area (Å²) in [6.07, 6.45) is 1.66. The second kappa shape index (κ2) is 6.26. The quantitative estimate of drug-likeness (QED) is 0.923. The van der Waals surface area contributed by atoms with Crippen molar-refractivity contribution in [1.29, 1.82) is 0 Å². The van der Waals surface area contributed by atoms with Crippen LogP contribution >= 0.6 is 11.6 Å². The van der Waals surface area contributed by atoms with Gasteiger partial charge in [-0.3, -0.25) is 9.69 Å². The van der Waals surface area contributed by atoms with Crippen molar-refractivity contribution in [3.63, 3.8) is 0 Å². The van der Waals surface area contributed by atoms with Gasteiger partial charge in [-0.2, -0.15) is 0 Å². The molecular weight excluding hydrogens is 266 g/mol. The second-order valence-electron chi connectivity index (χ2n) is 4.83. The molecule has 0 radical (unpaired) electrons. The third-order valence-electron chi connectivity index (χ3n) is 3.53. The lowest BCUT2D eigenvalue weighted by molar-refractivity contribution is -0.143. The molecule has 5 heteroatoms. The fraction of sp³-hybridized carbons (Fsp3) is 0.500. The summed E-state index contributed by atoms with van der Waals surface area (Å²) in [4.78, 5) is 13.2. The normalized spacial score (nSPS) is 20.2. The van der Waals surface area contributed by atoms with Crippen LogP contribution in [0.15, 0.2) is 18.2 Å². The molecule has 1 aromatic carbocycles. The van der Waals surface area contributed by atoms with E-state index in [0.29, 0.717) is 18.1 Å². The van der Waals surface area contributed by atoms with Crippen LogP contribution in [-0.2, 0) is 11.3 Å². The van der Waals surface area contributed by atoms with Gasteiger partial charge in [0.15, 0.2) is 0 Å². The number of hydrogen-bond donors (Lipinski definition) is 1. The minimum Gasteiger partial charge on any atom is -0.496 e. The predicted molar refractivity (Wildman–Crippen MR) is 73.6 cm³/mol. The Bertz CT molecular complexity index is 464. The van der Waals surface area contributed by atoms with E-state index in [1.54, 1.807) is 7.11 Å². The number of rotatable bonds is 4. The molecule has 0 aliphatic carbocycles. The number of hydrogen-bond acceptors (Lipinski definition) is 3. The first-order valence-corrected chi connectivity index (χ1v) is 6.76. The van der Waals surface area contributed by atoms with Crippen LogP contribution in [0, 0.1) is 5.92 Å². The Morgan fingerprint density at radius 2 is 2.37 bits per heavy atom. The zero-order valence-electron chi connectivity index (χ0n) is 10.9. The van der Waals surface area contributed by atoms with Crippen LogP contribution in [0.25, 0.3) is 0 Å². The van der Waals surface area contributed by atoms with Gasteiger partial charge in [-0.1, -0.05) is 17.7 Å². The van der Waals surface area contributed by atoms with Crippen molar-refractivity contribution in [2.75, 3.05) is 20.2 Å². The lowest BCUT2D eigenvalue weighted by Crippen LogP contribution is -2.38. The summed E-state index contributed by atoms with van der Waals surface area (Å²) in [6, 6.07) is 5.55. The van der Waals surface area contributed by atoms with Crippen molar-refractivity contribution in [2.24, 2.45) is 5.92 Å². The van der Waals surface area contributed by atoms with Gasteiger partial charge in [0, 0.05) is 23.7 Å². The number of methoxy groups -OCH3 is 1. The number of carboxylic acid groups (broad SMARTS) is 1. The first-order chi connectivity index (χ1) is 9.11. The molecule has 1 heterocycles. The van der Waals surface area contributed by atoms with Crippen LogP contribution < -0.4 is 4.74 Å². The van der Waals surface area contributed by atoms with E-state index >= 15 is 0 Å². The molecule has 1 aliphatic rings. The van der Waals surface area contributed by atoms with Crippen LogP contribution in [0.2, 0.25) is 5.02 Å².